The molecule has 1 fully saturated rings. The summed E-state index contributed by atoms with van der Waals surface area (Å²) >= 11 is 0. The molecule has 3 nitrogen and oxygen atoms in total. The second-order valence-corrected chi connectivity index (χ2v) is 9.11. The fourth-order valence-electron chi connectivity index (χ4n) is 5.70. The Morgan fingerprint density at radius 2 is 1.72 bits per heavy atom. The Morgan fingerprint density at radius 1 is 1.08 bits per heavy atom. The summed E-state index contributed by atoms with van der Waals surface area (Å²) in [6, 6.07) is 2.35. The molecular weight excluding hydrogens is 312 g/mol. The molecule has 1 aromatic carbocycles. The molecule has 0 amide bonds. The predicted molar refractivity (Wildman–Crippen MR) is 102 cm³/mol. The minimum Gasteiger partial charge on any atom is -0.493 e. The average molecular weight is 347 g/mol. The van der Waals surface area contributed by atoms with Crippen LogP contribution in [0.3, 0.4) is 0 Å². The molecule has 0 aliphatic heterocycles. The third-order valence-electron chi connectivity index (χ3n) is 7.11. The van der Waals surface area contributed by atoms with Gasteiger partial charge >= 0.3 is 0 Å². The van der Waals surface area contributed by atoms with Crippen LogP contribution in [0.4, 0.5) is 0 Å². The molecule has 0 radical (unpaired) electrons. The average Bonchev–Trinajstić information content (AvgIpc) is 2.56. The molecule has 3 rings (SSSR count). The third kappa shape index (κ3) is 2.58. The van der Waals surface area contributed by atoms with Gasteiger partial charge in [-0.3, -0.25) is 0 Å². The second-order valence-electron chi connectivity index (χ2n) is 9.11. The van der Waals surface area contributed by atoms with Crippen molar-refractivity contribution in [3.8, 4) is 11.5 Å². The smallest absolute Gasteiger partial charge is 0.165 e. The Balaban J connectivity index is 2.25. The third-order valence-corrected chi connectivity index (χ3v) is 7.11. The van der Waals surface area contributed by atoms with E-state index in [1.54, 1.807) is 14.2 Å². The lowest BCUT2D eigenvalue weighted by Gasteiger charge is -2.56. The van der Waals surface area contributed by atoms with E-state index < -0.39 is 0 Å². The lowest BCUT2D eigenvalue weighted by Crippen LogP contribution is -2.54. The van der Waals surface area contributed by atoms with Crippen molar-refractivity contribution in [1.29, 1.82) is 0 Å². The van der Waals surface area contributed by atoms with Gasteiger partial charge in [0.2, 0.25) is 0 Å². The maximum absolute atomic E-state index is 10.6. The van der Waals surface area contributed by atoms with E-state index in [1.165, 1.54) is 16.7 Å². The van der Waals surface area contributed by atoms with Crippen molar-refractivity contribution in [3.05, 3.63) is 22.8 Å². The van der Waals surface area contributed by atoms with E-state index in [-0.39, 0.29) is 16.9 Å². The van der Waals surface area contributed by atoms with Gasteiger partial charge in [0.15, 0.2) is 11.5 Å². The van der Waals surface area contributed by atoms with E-state index in [0.717, 1.165) is 37.2 Å². The first-order valence-corrected chi connectivity index (χ1v) is 9.64. The van der Waals surface area contributed by atoms with Crippen molar-refractivity contribution < 1.29 is 14.6 Å². The molecule has 3 atom stereocenters. The second kappa shape index (κ2) is 6.19. The number of aryl methyl sites for hydroxylation is 1. The number of aliphatic hydroxyl groups is 1. The molecule has 140 valence electrons. The Kier molecular flexibility index (Phi) is 4.60. The fraction of sp³-hybridized carbons (Fsp3) is 0.727. The van der Waals surface area contributed by atoms with Gasteiger partial charge < -0.3 is 14.6 Å². The van der Waals surface area contributed by atoms with Crippen LogP contribution in [0.5, 0.6) is 11.5 Å². The van der Waals surface area contributed by atoms with Crippen molar-refractivity contribution in [2.45, 2.75) is 77.7 Å². The predicted octanol–water partition coefficient (Wildman–Crippen LogP) is 4.83. The highest BCUT2D eigenvalue weighted by Gasteiger charge is 2.54. The summed E-state index contributed by atoms with van der Waals surface area (Å²) in [6.07, 6.45) is 3.79. The van der Waals surface area contributed by atoms with Gasteiger partial charge in [0.25, 0.3) is 0 Å². The summed E-state index contributed by atoms with van der Waals surface area (Å²) in [4.78, 5) is 0. The summed E-state index contributed by atoms with van der Waals surface area (Å²) in [6.45, 7) is 11.3. The van der Waals surface area contributed by atoms with Crippen LogP contribution in [0.2, 0.25) is 0 Å². The van der Waals surface area contributed by atoms with Crippen molar-refractivity contribution in [2.75, 3.05) is 14.2 Å². The Hall–Kier alpha value is -1.22. The summed E-state index contributed by atoms with van der Waals surface area (Å²) < 4.78 is 11.8. The van der Waals surface area contributed by atoms with E-state index in [4.69, 9.17) is 9.47 Å². The quantitative estimate of drug-likeness (QED) is 0.852. The van der Waals surface area contributed by atoms with Crippen molar-refractivity contribution in [2.24, 2.45) is 11.3 Å². The van der Waals surface area contributed by atoms with Crippen LogP contribution in [0, 0.1) is 11.3 Å². The molecule has 25 heavy (non-hydrogen) atoms. The van der Waals surface area contributed by atoms with E-state index in [9.17, 15) is 5.11 Å². The van der Waals surface area contributed by atoms with Gasteiger partial charge in [0, 0.05) is 16.5 Å². The zero-order chi connectivity index (χ0) is 18.6. The maximum Gasteiger partial charge on any atom is 0.165 e. The van der Waals surface area contributed by atoms with Gasteiger partial charge in [-0.1, -0.05) is 40.7 Å². The fourth-order valence-corrected chi connectivity index (χ4v) is 5.70. The molecule has 3 heteroatoms. The number of benzene rings is 1. The monoisotopic (exact) mass is 346 g/mol. The van der Waals surface area contributed by atoms with E-state index in [0.29, 0.717) is 11.8 Å². The topological polar surface area (TPSA) is 38.7 Å². The number of methoxy groups -OCH3 is 2. The summed E-state index contributed by atoms with van der Waals surface area (Å²) in [5.41, 5.74) is 3.90. The van der Waals surface area contributed by atoms with E-state index in [2.05, 4.69) is 40.7 Å². The Morgan fingerprint density at radius 3 is 2.28 bits per heavy atom. The van der Waals surface area contributed by atoms with Gasteiger partial charge in [0.05, 0.1) is 20.3 Å². The lowest BCUT2D eigenvalue weighted by atomic mass is 9.49. The number of hydrogen-bond acceptors (Lipinski definition) is 3. The van der Waals surface area contributed by atoms with Crippen LogP contribution in [0.1, 0.15) is 76.5 Å². The number of aliphatic hydroxyl groups excluding tert-OH is 1. The number of ether oxygens (including phenoxy) is 2. The molecule has 1 N–H and O–H groups in total. The van der Waals surface area contributed by atoms with Crippen molar-refractivity contribution in [1.82, 2.24) is 0 Å². The molecule has 2 aliphatic rings. The summed E-state index contributed by atoms with van der Waals surface area (Å²) in [5, 5.41) is 10.6. The van der Waals surface area contributed by atoms with Crippen LogP contribution in [0.15, 0.2) is 6.07 Å². The van der Waals surface area contributed by atoms with Gasteiger partial charge in [0.1, 0.15) is 0 Å². The molecule has 1 unspecified atom stereocenters. The largest absolute Gasteiger partial charge is 0.493 e. The molecule has 0 spiro atoms. The van der Waals surface area contributed by atoms with E-state index in [1.807, 2.05) is 0 Å². The van der Waals surface area contributed by atoms with Crippen molar-refractivity contribution in [3.63, 3.8) is 0 Å². The molecule has 1 saturated carbocycles. The summed E-state index contributed by atoms with van der Waals surface area (Å²) in [5.74, 6) is 2.65. The first-order valence-electron chi connectivity index (χ1n) is 9.64. The van der Waals surface area contributed by atoms with Crippen LogP contribution in [0.25, 0.3) is 0 Å². The van der Waals surface area contributed by atoms with Gasteiger partial charge in [-0.2, -0.15) is 0 Å². The Bertz CT molecular complexity index is 662. The van der Waals surface area contributed by atoms with Crippen LogP contribution in [-0.4, -0.2) is 25.4 Å². The normalized spacial score (nSPS) is 30.6. The molecule has 0 saturated heterocycles. The highest BCUT2D eigenvalue weighted by atomic mass is 16.5. The molecule has 2 aliphatic carbocycles. The summed E-state index contributed by atoms with van der Waals surface area (Å²) in [7, 11) is 3.51. The molecule has 1 aromatic rings. The first-order chi connectivity index (χ1) is 11.7. The zero-order valence-corrected chi connectivity index (χ0v) is 16.9. The van der Waals surface area contributed by atoms with Gasteiger partial charge in [-0.05, 0) is 48.5 Å². The van der Waals surface area contributed by atoms with Crippen LogP contribution >= 0.6 is 0 Å². The number of rotatable bonds is 3. The number of fused-ring (bicyclic) bond motifs is 3. The standard InChI is InChI=1S/C22H34O3/c1-13(2)15-12-14-8-9-16-21(3,4)17(23)10-11-22(16,5)18(14)20(25-7)19(15)24-6/h12-13,16-17,23H,8-11H2,1-7H3/t16?,17-,22-/m0/s1. The van der Waals surface area contributed by atoms with Gasteiger partial charge in [-0.15, -0.1) is 0 Å². The van der Waals surface area contributed by atoms with Crippen LogP contribution in [-0.2, 0) is 11.8 Å². The molecule has 0 bridgehead atoms. The van der Waals surface area contributed by atoms with Gasteiger partial charge in [-0.25, -0.2) is 0 Å². The SMILES string of the molecule is COc1c(C(C)C)cc2c(c1OC)[C@@]1(C)CC[C@H](O)C(C)(C)C1CC2. The zero-order valence-electron chi connectivity index (χ0n) is 16.9. The minimum absolute atomic E-state index is 0.0183. The first kappa shape index (κ1) is 18.6. The highest BCUT2D eigenvalue weighted by molar-refractivity contribution is 5.60. The van der Waals surface area contributed by atoms with Crippen molar-refractivity contribution >= 4 is 0 Å². The molecular formula is C22H34O3. The van der Waals surface area contributed by atoms with E-state index >= 15 is 0 Å². The number of hydrogen-bond donors (Lipinski definition) is 1. The molecule has 0 aromatic heterocycles. The molecule has 0 heterocycles. The Labute approximate surface area is 152 Å². The lowest BCUT2D eigenvalue weighted by molar-refractivity contribution is -0.0736. The highest BCUT2D eigenvalue weighted by Crippen LogP contribution is 2.60. The maximum atomic E-state index is 10.6. The van der Waals surface area contributed by atoms with Crippen LogP contribution < -0.4 is 9.47 Å². The minimum atomic E-state index is -0.227.